The third-order valence-corrected chi connectivity index (χ3v) is 2.76. The molecule has 0 aromatic heterocycles. The van der Waals surface area contributed by atoms with E-state index in [0.717, 1.165) is 0 Å². The predicted molar refractivity (Wildman–Crippen MR) is 70.8 cm³/mol. The number of ether oxygens (including phenoxy) is 1. The van der Waals surface area contributed by atoms with Gasteiger partial charge in [0.05, 0.1) is 6.61 Å². The first-order chi connectivity index (χ1) is 10.2. The van der Waals surface area contributed by atoms with Crippen LogP contribution in [0.2, 0.25) is 0 Å². The van der Waals surface area contributed by atoms with Crippen molar-refractivity contribution in [3.05, 3.63) is 35.4 Å². The van der Waals surface area contributed by atoms with Crippen molar-refractivity contribution in [1.82, 2.24) is 5.32 Å². The highest BCUT2D eigenvalue weighted by Crippen LogP contribution is 2.16. The lowest BCUT2D eigenvalue weighted by atomic mass is 10.1. The quantitative estimate of drug-likeness (QED) is 0.755. The van der Waals surface area contributed by atoms with E-state index in [1.54, 1.807) is 24.3 Å². The largest absolute Gasteiger partial charge is 0.481 e. The Morgan fingerprint density at radius 1 is 1.32 bits per heavy atom. The molecule has 1 atom stereocenters. The summed E-state index contributed by atoms with van der Waals surface area (Å²) in [5, 5.41) is 11.1. The number of nitrogens with one attached hydrogen (secondary N) is 1. The maximum atomic E-state index is 12.0. The number of carboxylic acids is 1. The molecule has 2 N–H and O–H groups in total. The van der Waals surface area contributed by atoms with E-state index in [9.17, 15) is 22.8 Å². The zero-order chi connectivity index (χ0) is 16.8. The lowest BCUT2D eigenvalue weighted by Crippen LogP contribution is -2.33. The van der Waals surface area contributed by atoms with Gasteiger partial charge in [0.25, 0.3) is 0 Å². The fourth-order valence-electron chi connectivity index (χ4n) is 1.57. The summed E-state index contributed by atoms with van der Waals surface area (Å²) in [6, 6.07) is 6.47. The molecule has 1 amide bonds. The monoisotopic (exact) mass is 319 g/mol. The number of aliphatic carboxylic acids is 1. The fraction of sp³-hybridized carbons (Fsp3) is 0.429. The van der Waals surface area contributed by atoms with Crippen molar-refractivity contribution < 1.29 is 32.6 Å². The van der Waals surface area contributed by atoms with E-state index >= 15 is 0 Å². The SMILES string of the molecule is CC(C(=O)O)C(=O)NCc1cccc(COCC(F)(F)F)c1. The number of hydrogen-bond donors (Lipinski definition) is 2. The highest BCUT2D eigenvalue weighted by atomic mass is 19.4. The summed E-state index contributed by atoms with van der Waals surface area (Å²) in [5.41, 5.74) is 1.17. The van der Waals surface area contributed by atoms with Gasteiger partial charge in [-0.2, -0.15) is 13.2 Å². The van der Waals surface area contributed by atoms with E-state index in [4.69, 9.17) is 5.11 Å². The summed E-state index contributed by atoms with van der Waals surface area (Å²) in [6.07, 6.45) is -4.38. The molecule has 0 spiro atoms. The summed E-state index contributed by atoms with van der Waals surface area (Å²) in [7, 11) is 0. The number of halogens is 3. The highest BCUT2D eigenvalue weighted by molar-refractivity contribution is 5.96. The number of benzene rings is 1. The molecule has 22 heavy (non-hydrogen) atoms. The highest BCUT2D eigenvalue weighted by Gasteiger charge is 2.27. The smallest absolute Gasteiger partial charge is 0.411 e. The molecule has 0 fully saturated rings. The second-order valence-electron chi connectivity index (χ2n) is 4.71. The van der Waals surface area contributed by atoms with Crippen LogP contribution in [0, 0.1) is 5.92 Å². The zero-order valence-corrected chi connectivity index (χ0v) is 11.8. The number of amides is 1. The van der Waals surface area contributed by atoms with Crippen molar-refractivity contribution in [2.45, 2.75) is 26.3 Å². The Hall–Kier alpha value is -2.09. The maximum Gasteiger partial charge on any atom is 0.411 e. The van der Waals surface area contributed by atoms with Crippen LogP contribution in [0.15, 0.2) is 24.3 Å². The molecule has 0 aliphatic rings. The lowest BCUT2D eigenvalue weighted by molar-refractivity contribution is -0.176. The Bertz CT molecular complexity index is 531. The van der Waals surface area contributed by atoms with E-state index in [1.807, 2.05) is 0 Å². The van der Waals surface area contributed by atoms with Crippen LogP contribution in [0.1, 0.15) is 18.1 Å². The molecule has 0 heterocycles. The fourth-order valence-corrected chi connectivity index (χ4v) is 1.57. The van der Waals surface area contributed by atoms with Crippen molar-refractivity contribution in [3.63, 3.8) is 0 Å². The molecule has 1 unspecified atom stereocenters. The van der Waals surface area contributed by atoms with Gasteiger partial charge < -0.3 is 15.2 Å². The normalized spacial score (nSPS) is 12.7. The van der Waals surface area contributed by atoms with Crippen molar-refractivity contribution in [3.8, 4) is 0 Å². The van der Waals surface area contributed by atoms with Crippen LogP contribution in [-0.4, -0.2) is 29.8 Å². The molecule has 0 aliphatic carbocycles. The minimum atomic E-state index is -4.38. The van der Waals surface area contributed by atoms with Gasteiger partial charge in [-0.05, 0) is 18.1 Å². The van der Waals surface area contributed by atoms with Gasteiger partial charge in [0.15, 0.2) is 0 Å². The second kappa shape index (κ2) is 7.79. The van der Waals surface area contributed by atoms with E-state index in [0.29, 0.717) is 11.1 Å². The summed E-state index contributed by atoms with van der Waals surface area (Å²) in [5.74, 6) is -3.03. The first-order valence-electron chi connectivity index (χ1n) is 6.42. The molecule has 1 rings (SSSR count). The van der Waals surface area contributed by atoms with Gasteiger partial charge in [-0.1, -0.05) is 24.3 Å². The minimum Gasteiger partial charge on any atom is -0.481 e. The molecule has 0 aliphatic heterocycles. The summed E-state index contributed by atoms with van der Waals surface area (Å²) in [6.45, 7) is -0.181. The summed E-state index contributed by atoms with van der Waals surface area (Å²) < 4.78 is 40.4. The van der Waals surface area contributed by atoms with Gasteiger partial charge in [0.2, 0.25) is 5.91 Å². The van der Waals surface area contributed by atoms with Crippen molar-refractivity contribution in [2.75, 3.05) is 6.61 Å². The van der Waals surface area contributed by atoms with Gasteiger partial charge >= 0.3 is 12.1 Å². The molecule has 0 bridgehead atoms. The average Bonchev–Trinajstić information content (AvgIpc) is 2.43. The molecule has 8 heteroatoms. The average molecular weight is 319 g/mol. The van der Waals surface area contributed by atoms with Crippen LogP contribution in [0.4, 0.5) is 13.2 Å². The molecule has 0 saturated carbocycles. The van der Waals surface area contributed by atoms with Crippen LogP contribution in [-0.2, 0) is 27.5 Å². The Balaban J connectivity index is 2.50. The van der Waals surface area contributed by atoms with Gasteiger partial charge in [-0.15, -0.1) is 0 Å². The zero-order valence-electron chi connectivity index (χ0n) is 11.8. The summed E-state index contributed by atoms with van der Waals surface area (Å²) >= 11 is 0. The van der Waals surface area contributed by atoms with Gasteiger partial charge in [0, 0.05) is 6.54 Å². The standard InChI is InChI=1S/C14H16F3NO4/c1-9(13(20)21)12(19)18-6-10-3-2-4-11(5-10)7-22-8-14(15,16)17/h2-5,9H,6-8H2,1H3,(H,18,19)(H,20,21). The third kappa shape index (κ3) is 6.57. The Morgan fingerprint density at radius 3 is 2.55 bits per heavy atom. The van der Waals surface area contributed by atoms with Crippen LogP contribution in [0.25, 0.3) is 0 Å². The van der Waals surface area contributed by atoms with Gasteiger partial charge in [-0.25, -0.2) is 0 Å². The third-order valence-electron chi connectivity index (χ3n) is 2.76. The summed E-state index contributed by atoms with van der Waals surface area (Å²) in [4.78, 5) is 22.1. The molecule has 1 aromatic rings. The minimum absolute atomic E-state index is 0.0869. The maximum absolute atomic E-state index is 12.0. The lowest BCUT2D eigenvalue weighted by Gasteiger charge is -2.10. The molecular weight excluding hydrogens is 303 g/mol. The first kappa shape index (κ1) is 18.0. The number of carbonyl (C=O) groups excluding carboxylic acids is 1. The molecule has 0 saturated heterocycles. The van der Waals surface area contributed by atoms with Crippen molar-refractivity contribution >= 4 is 11.9 Å². The number of hydrogen-bond acceptors (Lipinski definition) is 3. The van der Waals surface area contributed by atoms with E-state index in [1.165, 1.54) is 6.92 Å². The van der Waals surface area contributed by atoms with Crippen LogP contribution in [0.3, 0.4) is 0 Å². The van der Waals surface area contributed by atoms with Gasteiger partial charge in [0.1, 0.15) is 12.5 Å². The number of rotatable bonds is 7. The van der Waals surface area contributed by atoms with E-state index in [2.05, 4.69) is 10.1 Å². The number of carbonyl (C=O) groups is 2. The molecule has 122 valence electrons. The molecule has 0 radical (unpaired) electrons. The van der Waals surface area contributed by atoms with Crippen molar-refractivity contribution in [1.29, 1.82) is 0 Å². The van der Waals surface area contributed by atoms with Crippen molar-refractivity contribution in [2.24, 2.45) is 5.92 Å². The molecule has 1 aromatic carbocycles. The number of alkyl halides is 3. The topological polar surface area (TPSA) is 75.6 Å². The van der Waals surface area contributed by atoms with E-state index < -0.39 is 30.6 Å². The van der Waals surface area contributed by atoms with Crippen LogP contribution < -0.4 is 5.32 Å². The first-order valence-corrected chi connectivity index (χ1v) is 6.42. The van der Waals surface area contributed by atoms with Crippen LogP contribution >= 0.6 is 0 Å². The molecular formula is C14H16F3NO4. The second-order valence-corrected chi connectivity index (χ2v) is 4.71. The number of carboxylic acid groups (broad SMARTS) is 1. The van der Waals surface area contributed by atoms with Crippen LogP contribution in [0.5, 0.6) is 0 Å². The Morgan fingerprint density at radius 2 is 1.95 bits per heavy atom. The predicted octanol–water partition coefficient (Wildman–Crippen LogP) is 2.10. The Labute approximate surface area is 125 Å². The molecule has 5 nitrogen and oxygen atoms in total. The van der Waals surface area contributed by atoms with Gasteiger partial charge in [-0.3, -0.25) is 9.59 Å². The van der Waals surface area contributed by atoms with E-state index in [-0.39, 0.29) is 13.2 Å². The Kier molecular flexibility index (Phi) is 6.36.